The van der Waals surface area contributed by atoms with Gasteiger partial charge in [-0.05, 0) is 32.2 Å². The molecule has 0 saturated carbocycles. The molecule has 22 heavy (non-hydrogen) atoms. The molecule has 0 aromatic carbocycles. The first-order chi connectivity index (χ1) is 10.4. The van der Waals surface area contributed by atoms with Crippen molar-refractivity contribution in [2.24, 2.45) is 0 Å². The average Bonchev–Trinajstić information content (AvgIpc) is 2.96. The monoisotopic (exact) mass is 320 g/mol. The summed E-state index contributed by atoms with van der Waals surface area (Å²) in [6.45, 7) is 6.50. The summed E-state index contributed by atoms with van der Waals surface area (Å²) in [7, 11) is 0. The summed E-state index contributed by atoms with van der Waals surface area (Å²) in [5, 5.41) is 7.84. The molecule has 0 fully saturated rings. The van der Waals surface area contributed by atoms with Gasteiger partial charge in [0.25, 0.3) is 0 Å². The number of aromatic nitrogens is 2. The largest absolute Gasteiger partial charge is 0.444 e. The van der Waals surface area contributed by atoms with Crippen molar-refractivity contribution in [3.05, 3.63) is 29.9 Å². The lowest BCUT2D eigenvalue weighted by atomic mass is 10.2. The lowest BCUT2D eigenvalue weighted by Crippen LogP contribution is -2.35. The highest BCUT2D eigenvalue weighted by molar-refractivity contribution is 7.13. The molecule has 2 rings (SSSR count). The molecule has 0 aliphatic carbocycles. The Morgan fingerprint density at radius 2 is 2.14 bits per heavy atom. The predicted octanol–water partition coefficient (Wildman–Crippen LogP) is 3.14. The van der Waals surface area contributed by atoms with Crippen molar-refractivity contribution < 1.29 is 9.53 Å². The van der Waals surface area contributed by atoms with Gasteiger partial charge >= 0.3 is 6.09 Å². The van der Waals surface area contributed by atoms with Gasteiger partial charge in [0.2, 0.25) is 0 Å². The summed E-state index contributed by atoms with van der Waals surface area (Å²) in [6, 6.07) is 5.89. The van der Waals surface area contributed by atoms with Crippen LogP contribution in [-0.4, -0.2) is 34.8 Å². The van der Waals surface area contributed by atoms with E-state index in [-0.39, 0.29) is 0 Å². The Kier molecular flexibility index (Phi) is 5.32. The zero-order valence-corrected chi connectivity index (χ0v) is 13.7. The van der Waals surface area contributed by atoms with Gasteiger partial charge in [0.05, 0.1) is 10.6 Å². The second kappa shape index (κ2) is 7.22. The Morgan fingerprint density at radius 3 is 2.82 bits per heavy atom. The highest BCUT2D eigenvalue weighted by Gasteiger charge is 2.15. The molecular weight excluding hydrogens is 300 g/mol. The van der Waals surface area contributed by atoms with Crippen LogP contribution in [-0.2, 0) is 4.74 Å². The van der Waals surface area contributed by atoms with E-state index in [1.165, 1.54) is 6.33 Å². The third-order valence-electron chi connectivity index (χ3n) is 2.54. The fraction of sp³-hybridized carbons (Fsp3) is 0.400. The van der Waals surface area contributed by atoms with E-state index >= 15 is 0 Å². The summed E-state index contributed by atoms with van der Waals surface area (Å²) < 4.78 is 5.16. The van der Waals surface area contributed by atoms with Gasteiger partial charge in [-0.2, -0.15) is 0 Å². The highest BCUT2D eigenvalue weighted by atomic mass is 32.1. The van der Waals surface area contributed by atoms with Crippen molar-refractivity contribution in [1.29, 1.82) is 0 Å². The first-order valence-corrected chi connectivity index (χ1v) is 7.89. The molecule has 118 valence electrons. The molecule has 1 amide bonds. The van der Waals surface area contributed by atoms with Crippen LogP contribution in [0.5, 0.6) is 0 Å². The van der Waals surface area contributed by atoms with Gasteiger partial charge in [-0.25, -0.2) is 14.8 Å². The van der Waals surface area contributed by atoms with Gasteiger partial charge in [-0.1, -0.05) is 6.07 Å². The van der Waals surface area contributed by atoms with E-state index in [1.54, 1.807) is 11.3 Å². The van der Waals surface area contributed by atoms with Crippen molar-refractivity contribution in [3.8, 4) is 10.6 Å². The Hall–Kier alpha value is -2.15. The van der Waals surface area contributed by atoms with E-state index in [0.29, 0.717) is 13.1 Å². The zero-order chi connectivity index (χ0) is 16.0. The van der Waals surface area contributed by atoms with Crippen LogP contribution >= 0.6 is 11.3 Å². The third kappa shape index (κ3) is 5.33. The molecule has 0 atom stereocenters. The number of carbonyl (C=O) groups is 1. The van der Waals surface area contributed by atoms with Crippen LogP contribution in [0.4, 0.5) is 10.6 Å². The number of thiophene rings is 1. The second-order valence-corrected chi connectivity index (χ2v) is 6.57. The number of rotatable bonds is 5. The Balaban J connectivity index is 1.78. The van der Waals surface area contributed by atoms with Gasteiger partial charge in [-0.15, -0.1) is 11.3 Å². The van der Waals surface area contributed by atoms with Crippen molar-refractivity contribution in [2.45, 2.75) is 26.4 Å². The number of hydrogen-bond donors (Lipinski definition) is 2. The number of nitrogens with one attached hydrogen (secondary N) is 2. The van der Waals surface area contributed by atoms with E-state index in [1.807, 2.05) is 44.4 Å². The number of ether oxygens (including phenoxy) is 1. The van der Waals surface area contributed by atoms with Crippen LogP contribution in [0.2, 0.25) is 0 Å². The van der Waals surface area contributed by atoms with Crippen LogP contribution < -0.4 is 10.6 Å². The molecular formula is C15H20N4O2S. The first-order valence-electron chi connectivity index (χ1n) is 7.01. The van der Waals surface area contributed by atoms with Gasteiger partial charge in [-0.3, -0.25) is 0 Å². The SMILES string of the molecule is CC(C)(C)OC(=O)NCCNc1cc(-c2cccs2)ncn1. The topological polar surface area (TPSA) is 76.1 Å². The lowest BCUT2D eigenvalue weighted by molar-refractivity contribution is 0.0530. The molecule has 2 aromatic rings. The number of alkyl carbamates (subject to hydrolysis) is 1. The van der Waals surface area contributed by atoms with Crippen LogP contribution in [0.15, 0.2) is 29.9 Å². The maximum absolute atomic E-state index is 11.5. The molecule has 0 aliphatic heterocycles. The van der Waals surface area contributed by atoms with E-state index < -0.39 is 11.7 Å². The molecule has 0 spiro atoms. The molecule has 0 radical (unpaired) electrons. The standard InChI is InChI=1S/C15H20N4O2S/c1-15(2,3)21-14(20)17-7-6-16-13-9-11(18-10-19-13)12-5-4-8-22-12/h4-5,8-10H,6-7H2,1-3H3,(H,17,20)(H,16,18,19). The number of nitrogens with zero attached hydrogens (tertiary/aromatic N) is 2. The Morgan fingerprint density at radius 1 is 1.32 bits per heavy atom. The predicted molar refractivity (Wildman–Crippen MR) is 88.1 cm³/mol. The molecule has 0 aliphatic rings. The first kappa shape index (κ1) is 16.2. The molecule has 2 heterocycles. The molecule has 7 heteroatoms. The minimum atomic E-state index is -0.486. The highest BCUT2D eigenvalue weighted by Crippen LogP contribution is 2.23. The van der Waals surface area contributed by atoms with Crippen LogP contribution in [0.1, 0.15) is 20.8 Å². The summed E-state index contributed by atoms with van der Waals surface area (Å²) in [5.41, 5.74) is 0.396. The minimum absolute atomic E-state index is 0.420. The summed E-state index contributed by atoms with van der Waals surface area (Å²) in [6.07, 6.45) is 1.11. The molecule has 2 N–H and O–H groups in total. The fourth-order valence-electron chi connectivity index (χ4n) is 1.68. The van der Waals surface area contributed by atoms with Crippen LogP contribution in [0, 0.1) is 0 Å². The maximum Gasteiger partial charge on any atom is 0.407 e. The molecule has 0 saturated heterocycles. The van der Waals surface area contributed by atoms with Crippen molar-refractivity contribution in [3.63, 3.8) is 0 Å². The number of hydrogen-bond acceptors (Lipinski definition) is 6. The number of amides is 1. The van der Waals surface area contributed by atoms with E-state index in [4.69, 9.17) is 4.74 Å². The second-order valence-electron chi connectivity index (χ2n) is 5.62. The van der Waals surface area contributed by atoms with Crippen LogP contribution in [0.25, 0.3) is 10.6 Å². The van der Waals surface area contributed by atoms with Gasteiger partial charge in [0.1, 0.15) is 17.7 Å². The van der Waals surface area contributed by atoms with Gasteiger partial charge in [0.15, 0.2) is 0 Å². The zero-order valence-electron chi connectivity index (χ0n) is 12.9. The van der Waals surface area contributed by atoms with E-state index in [9.17, 15) is 4.79 Å². The number of anilines is 1. The fourth-order valence-corrected chi connectivity index (χ4v) is 2.38. The Bertz CT molecular complexity index is 608. The third-order valence-corrected chi connectivity index (χ3v) is 3.43. The summed E-state index contributed by atoms with van der Waals surface area (Å²) in [5.74, 6) is 0.726. The van der Waals surface area contributed by atoms with Crippen LogP contribution in [0.3, 0.4) is 0 Å². The van der Waals surface area contributed by atoms with Crippen molar-refractivity contribution in [2.75, 3.05) is 18.4 Å². The molecule has 0 unspecified atom stereocenters. The van der Waals surface area contributed by atoms with Gasteiger partial charge < -0.3 is 15.4 Å². The Labute approximate surface area is 133 Å². The molecule has 2 aromatic heterocycles. The van der Waals surface area contributed by atoms with Crippen molar-refractivity contribution in [1.82, 2.24) is 15.3 Å². The van der Waals surface area contributed by atoms with Crippen molar-refractivity contribution >= 4 is 23.2 Å². The molecule has 6 nitrogen and oxygen atoms in total. The molecule has 0 bridgehead atoms. The lowest BCUT2D eigenvalue weighted by Gasteiger charge is -2.19. The van der Waals surface area contributed by atoms with E-state index in [0.717, 1.165) is 16.4 Å². The minimum Gasteiger partial charge on any atom is -0.444 e. The van der Waals surface area contributed by atoms with Gasteiger partial charge in [0, 0.05) is 19.2 Å². The average molecular weight is 320 g/mol. The quantitative estimate of drug-likeness (QED) is 0.828. The van der Waals surface area contributed by atoms with E-state index in [2.05, 4.69) is 20.6 Å². The number of carbonyl (C=O) groups excluding carboxylic acids is 1. The smallest absolute Gasteiger partial charge is 0.407 e. The summed E-state index contributed by atoms with van der Waals surface area (Å²) >= 11 is 1.63. The maximum atomic E-state index is 11.5. The normalized spacial score (nSPS) is 11.0. The summed E-state index contributed by atoms with van der Waals surface area (Å²) in [4.78, 5) is 21.0.